The predicted molar refractivity (Wildman–Crippen MR) is 143 cm³/mol. The Kier molecular flexibility index (Phi) is 6.44. The van der Waals surface area contributed by atoms with E-state index >= 15 is 0 Å². The molecule has 4 heterocycles. The van der Waals surface area contributed by atoms with Crippen molar-refractivity contribution in [1.29, 1.82) is 0 Å². The molecule has 3 aromatic heterocycles. The van der Waals surface area contributed by atoms with Gasteiger partial charge in [-0.15, -0.1) is 0 Å². The van der Waals surface area contributed by atoms with E-state index in [4.69, 9.17) is 4.98 Å². The number of nitrogens with zero attached hydrogens (tertiary/aromatic N) is 5. The van der Waals surface area contributed by atoms with Crippen LogP contribution in [0.1, 0.15) is 24.8 Å². The number of hydrogen-bond acceptors (Lipinski definition) is 5. The van der Waals surface area contributed by atoms with Gasteiger partial charge >= 0.3 is 5.69 Å². The van der Waals surface area contributed by atoms with Gasteiger partial charge in [0, 0.05) is 31.9 Å². The maximum Gasteiger partial charge on any atom is 0.326 e. The summed E-state index contributed by atoms with van der Waals surface area (Å²) in [6.45, 7) is 4.24. The number of aromatic nitrogens is 5. The van der Waals surface area contributed by atoms with Gasteiger partial charge in [-0.3, -0.25) is 9.13 Å². The van der Waals surface area contributed by atoms with Crippen molar-refractivity contribution in [2.45, 2.75) is 38.4 Å². The maximum atomic E-state index is 13.4. The summed E-state index contributed by atoms with van der Waals surface area (Å²) in [7, 11) is 0. The molecule has 2 N–H and O–H groups in total. The Morgan fingerprint density at radius 1 is 0.973 bits per heavy atom. The summed E-state index contributed by atoms with van der Waals surface area (Å²) >= 11 is 0. The summed E-state index contributed by atoms with van der Waals surface area (Å²) < 4.78 is 17.3. The van der Waals surface area contributed by atoms with Crippen LogP contribution < -0.4 is 11.0 Å². The number of hydrogen-bond donors (Lipinski definition) is 2. The van der Waals surface area contributed by atoms with E-state index in [0.29, 0.717) is 19.1 Å². The molecule has 190 valence electrons. The number of fused-ring (bicyclic) bond motifs is 2. The monoisotopic (exact) mass is 499 g/mol. The SMILES string of the molecule is O=c1[nH]c2ccccc2n1CCCN1CCC(Nc2nc3cccnc3n2Cc2ccc(F)cc2)CC1. The van der Waals surface area contributed by atoms with Gasteiger partial charge < -0.3 is 15.2 Å². The largest absolute Gasteiger partial charge is 0.353 e. The highest BCUT2D eigenvalue weighted by Crippen LogP contribution is 2.23. The fourth-order valence-electron chi connectivity index (χ4n) is 5.26. The third-order valence-electron chi connectivity index (χ3n) is 7.22. The van der Waals surface area contributed by atoms with Crippen LogP contribution in [0.4, 0.5) is 10.3 Å². The first-order valence-corrected chi connectivity index (χ1v) is 12.9. The van der Waals surface area contributed by atoms with E-state index in [1.807, 2.05) is 41.0 Å². The van der Waals surface area contributed by atoms with Gasteiger partial charge in [-0.25, -0.2) is 19.2 Å². The van der Waals surface area contributed by atoms with Crippen LogP contribution >= 0.6 is 0 Å². The normalized spacial score (nSPS) is 15.1. The van der Waals surface area contributed by atoms with Crippen LogP contribution in [0.5, 0.6) is 0 Å². The second-order valence-corrected chi connectivity index (χ2v) is 9.71. The molecule has 1 aliphatic rings. The molecule has 0 saturated carbocycles. The molecule has 8 nitrogen and oxygen atoms in total. The summed E-state index contributed by atoms with van der Waals surface area (Å²) in [5, 5.41) is 3.66. The minimum Gasteiger partial charge on any atom is -0.353 e. The van der Waals surface area contributed by atoms with Gasteiger partial charge in [0.2, 0.25) is 5.95 Å². The van der Waals surface area contributed by atoms with Gasteiger partial charge in [0.25, 0.3) is 0 Å². The fraction of sp³-hybridized carbons (Fsp3) is 0.321. The van der Waals surface area contributed by atoms with Crippen LogP contribution in [0, 0.1) is 5.82 Å². The highest BCUT2D eigenvalue weighted by atomic mass is 19.1. The summed E-state index contributed by atoms with van der Waals surface area (Å²) in [5.74, 6) is 0.561. The second kappa shape index (κ2) is 10.2. The number of aromatic amines is 1. The third-order valence-corrected chi connectivity index (χ3v) is 7.22. The van der Waals surface area contributed by atoms with Crippen molar-refractivity contribution in [3.63, 3.8) is 0 Å². The Hall–Kier alpha value is -3.98. The van der Waals surface area contributed by atoms with Crippen LogP contribution in [-0.4, -0.2) is 54.7 Å². The highest BCUT2D eigenvalue weighted by Gasteiger charge is 2.22. The Morgan fingerprint density at radius 3 is 2.62 bits per heavy atom. The van der Waals surface area contributed by atoms with Crippen LogP contribution in [0.25, 0.3) is 22.2 Å². The third kappa shape index (κ3) is 4.99. The first-order chi connectivity index (χ1) is 18.1. The lowest BCUT2D eigenvalue weighted by Crippen LogP contribution is -2.40. The van der Waals surface area contributed by atoms with Crippen LogP contribution in [0.15, 0.2) is 71.7 Å². The van der Waals surface area contributed by atoms with Crippen molar-refractivity contribution in [3.05, 3.63) is 88.7 Å². The molecular formula is C28H30FN7O. The molecule has 9 heteroatoms. The molecule has 0 aliphatic carbocycles. The minimum atomic E-state index is -0.240. The van der Waals surface area contributed by atoms with Crippen LogP contribution in [0.3, 0.4) is 0 Å². The van der Waals surface area contributed by atoms with Gasteiger partial charge in [0.15, 0.2) is 5.65 Å². The molecular weight excluding hydrogens is 469 g/mol. The van der Waals surface area contributed by atoms with Gasteiger partial charge in [-0.1, -0.05) is 24.3 Å². The number of imidazole rings is 2. The lowest BCUT2D eigenvalue weighted by molar-refractivity contribution is 0.213. The maximum absolute atomic E-state index is 13.4. The topological polar surface area (TPSA) is 83.8 Å². The number of likely N-dealkylation sites (tertiary alicyclic amines) is 1. The molecule has 0 unspecified atom stereocenters. The molecule has 1 aliphatic heterocycles. The number of rotatable bonds is 8. The number of benzene rings is 2. The van der Waals surface area contributed by atoms with E-state index in [2.05, 4.69) is 24.8 Å². The highest BCUT2D eigenvalue weighted by molar-refractivity contribution is 5.75. The number of para-hydroxylation sites is 2. The van der Waals surface area contributed by atoms with Crippen LogP contribution in [0.2, 0.25) is 0 Å². The summed E-state index contributed by atoms with van der Waals surface area (Å²) in [6.07, 6.45) is 4.73. The van der Waals surface area contributed by atoms with Crippen molar-refractivity contribution in [2.75, 3.05) is 25.0 Å². The zero-order valence-electron chi connectivity index (χ0n) is 20.6. The summed E-state index contributed by atoms with van der Waals surface area (Å²) in [6, 6.07) is 18.6. The summed E-state index contributed by atoms with van der Waals surface area (Å²) in [5.41, 5.74) is 4.48. The molecule has 0 spiro atoms. The van der Waals surface area contributed by atoms with Crippen molar-refractivity contribution < 1.29 is 4.39 Å². The number of pyridine rings is 1. The molecule has 1 fully saturated rings. The lowest BCUT2D eigenvalue weighted by atomic mass is 10.1. The number of nitrogens with one attached hydrogen (secondary N) is 2. The van der Waals surface area contributed by atoms with E-state index in [1.165, 1.54) is 12.1 Å². The number of aryl methyl sites for hydroxylation is 1. The quantitative estimate of drug-likeness (QED) is 0.334. The van der Waals surface area contributed by atoms with Crippen molar-refractivity contribution in [3.8, 4) is 0 Å². The Balaban J connectivity index is 1.07. The zero-order chi connectivity index (χ0) is 25.2. The van der Waals surface area contributed by atoms with Gasteiger partial charge in [0.1, 0.15) is 11.3 Å². The van der Waals surface area contributed by atoms with E-state index in [0.717, 1.165) is 72.6 Å². The van der Waals surface area contributed by atoms with E-state index < -0.39 is 0 Å². The number of anilines is 1. The second-order valence-electron chi connectivity index (χ2n) is 9.71. The molecule has 0 bridgehead atoms. The molecule has 5 aromatic rings. The first kappa shape index (κ1) is 23.4. The van der Waals surface area contributed by atoms with Gasteiger partial charge in [-0.2, -0.15) is 0 Å². The van der Waals surface area contributed by atoms with E-state index in [9.17, 15) is 9.18 Å². The fourth-order valence-corrected chi connectivity index (χ4v) is 5.26. The Morgan fingerprint density at radius 2 is 1.78 bits per heavy atom. The Labute approximate surface area is 213 Å². The molecule has 0 atom stereocenters. The number of halogens is 1. The molecule has 2 aromatic carbocycles. The number of piperidine rings is 1. The van der Waals surface area contributed by atoms with Crippen molar-refractivity contribution >= 4 is 28.1 Å². The molecule has 0 amide bonds. The zero-order valence-corrected chi connectivity index (χ0v) is 20.6. The van der Waals surface area contributed by atoms with Crippen molar-refractivity contribution in [2.24, 2.45) is 0 Å². The van der Waals surface area contributed by atoms with Gasteiger partial charge in [0.05, 0.1) is 17.6 Å². The molecule has 37 heavy (non-hydrogen) atoms. The predicted octanol–water partition coefficient (Wildman–Crippen LogP) is 4.23. The van der Waals surface area contributed by atoms with Gasteiger partial charge in [-0.05, 0) is 67.8 Å². The average molecular weight is 500 g/mol. The summed E-state index contributed by atoms with van der Waals surface area (Å²) in [4.78, 5) is 27.1. The van der Waals surface area contributed by atoms with Crippen LogP contribution in [-0.2, 0) is 13.1 Å². The molecule has 0 radical (unpaired) electrons. The molecule has 1 saturated heterocycles. The average Bonchev–Trinajstić information content (AvgIpc) is 3.42. The minimum absolute atomic E-state index is 0.0397. The molecule has 6 rings (SSSR count). The smallest absolute Gasteiger partial charge is 0.326 e. The number of H-pyrrole nitrogens is 1. The lowest BCUT2D eigenvalue weighted by Gasteiger charge is -2.32. The van der Waals surface area contributed by atoms with E-state index in [1.54, 1.807) is 18.3 Å². The first-order valence-electron chi connectivity index (χ1n) is 12.9. The van der Waals surface area contributed by atoms with Crippen molar-refractivity contribution in [1.82, 2.24) is 29.0 Å². The van der Waals surface area contributed by atoms with E-state index in [-0.39, 0.29) is 11.5 Å². The Bertz CT molecular complexity index is 1560. The standard InChI is InChI=1S/C28H30FN7O/c29-21-10-8-20(9-11-21)19-36-26-24(6-3-14-30-26)32-27(36)31-22-12-17-34(18-13-22)15-4-16-35-25-7-2-1-5-23(25)33-28(35)37/h1-3,5-11,14,22H,4,12-13,15-19H2,(H,31,32)(H,33,37).